The number of nitrogens with zero attached hydrogens (tertiary/aromatic N) is 4. The first kappa shape index (κ1) is 12.4. The van der Waals surface area contributed by atoms with Crippen molar-refractivity contribution in [3.8, 4) is 6.07 Å². The molecule has 2 atom stereocenters. The Hall–Kier alpha value is -1.67. The number of aryl methyl sites for hydroxylation is 1. The van der Waals surface area contributed by atoms with E-state index in [1.807, 2.05) is 6.92 Å². The minimum absolute atomic E-state index is 0.393. The monoisotopic (exact) mass is 257 g/mol. The van der Waals surface area contributed by atoms with Crippen molar-refractivity contribution in [3.05, 3.63) is 17.5 Å². The van der Waals surface area contributed by atoms with Crippen LogP contribution in [0.5, 0.6) is 0 Å². The van der Waals surface area contributed by atoms with Gasteiger partial charge in [-0.15, -0.1) is 0 Å². The molecule has 0 amide bonds. The molecule has 0 aromatic carbocycles. The molecule has 1 aliphatic heterocycles. The molecular weight excluding hydrogens is 238 g/mol. The van der Waals surface area contributed by atoms with Crippen LogP contribution in [0.25, 0.3) is 0 Å². The maximum atomic E-state index is 8.94. The summed E-state index contributed by atoms with van der Waals surface area (Å²) in [4.78, 5) is 11.2. The third kappa shape index (κ3) is 2.69. The van der Waals surface area contributed by atoms with Gasteiger partial charge in [0.15, 0.2) is 0 Å². The van der Waals surface area contributed by atoms with Gasteiger partial charge in [0.05, 0.1) is 0 Å². The maximum Gasteiger partial charge on any atom is 0.224 e. The highest BCUT2D eigenvalue weighted by molar-refractivity contribution is 5.34. The average Bonchev–Trinajstić information content (AvgIpc) is 3.14. The Morgan fingerprint density at radius 1 is 1.42 bits per heavy atom. The van der Waals surface area contributed by atoms with Gasteiger partial charge >= 0.3 is 0 Å². The van der Waals surface area contributed by atoms with Gasteiger partial charge in [-0.2, -0.15) is 5.26 Å². The second kappa shape index (κ2) is 4.78. The lowest BCUT2D eigenvalue weighted by Crippen LogP contribution is -2.31. The van der Waals surface area contributed by atoms with E-state index in [4.69, 9.17) is 5.26 Å². The van der Waals surface area contributed by atoms with E-state index in [-0.39, 0.29) is 0 Å². The quantitative estimate of drug-likeness (QED) is 0.892. The Balaban J connectivity index is 1.69. The summed E-state index contributed by atoms with van der Waals surface area (Å²) in [6.45, 7) is 5.24. The molecule has 5 nitrogen and oxygen atoms in total. The molecule has 1 N–H and O–H groups in total. The third-order valence-electron chi connectivity index (χ3n) is 3.94. The molecular formula is C14H19N5. The number of rotatable bonds is 3. The number of hydrogen-bond donors (Lipinski definition) is 1. The lowest BCUT2D eigenvalue weighted by atomic mass is 10.2. The summed E-state index contributed by atoms with van der Waals surface area (Å²) in [5.74, 6) is 0.589. The van der Waals surface area contributed by atoms with E-state index >= 15 is 0 Å². The lowest BCUT2D eigenvalue weighted by molar-refractivity contribution is 0.257. The molecule has 100 valence electrons. The predicted molar refractivity (Wildman–Crippen MR) is 72.7 cm³/mol. The van der Waals surface area contributed by atoms with E-state index in [1.54, 1.807) is 6.07 Å². The molecule has 1 aromatic heterocycles. The molecule has 19 heavy (non-hydrogen) atoms. The summed E-state index contributed by atoms with van der Waals surface area (Å²) in [5, 5.41) is 12.3. The zero-order valence-corrected chi connectivity index (χ0v) is 11.4. The fourth-order valence-corrected chi connectivity index (χ4v) is 2.95. The van der Waals surface area contributed by atoms with Crippen LogP contribution in [0, 0.1) is 18.3 Å². The van der Waals surface area contributed by atoms with Gasteiger partial charge in [0.25, 0.3) is 0 Å². The van der Waals surface area contributed by atoms with Gasteiger partial charge < -0.3 is 5.32 Å². The van der Waals surface area contributed by atoms with Gasteiger partial charge in [-0.3, -0.25) is 4.90 Å². The Morgan fingerprint density at radius 3 is 2.89 bits per heavy atom. The Morgan fingerprint density at radius 2 is 2.21 bits per heavy atom. The van der Waals surface area contributed by atoms with Crippen molar-refractivity contribution in [2.24, 2.45) is 0 Å². The summed E-state index contributed by atoms with van der Waals surface area (Å²) >= 11 is 0. The minimum Gasteiger partial charge on any atom is -0.350 e. The average molecular weight is 257 g/mol. The highest BCUT2D eigenvalue weighted by Gasteiger charge is 2.38. The van der Waals surface area contributed by atoms with Crippen molar-refractivity contribution < 1.29 is 0 Å². The molecule has 2 fully saturated rings. The van der Waals surface area contributed by atoms with Crippen molar-refractivity contribution in [2.75, 3.05) is 11.9 Å². The number of anilines is 1. The summed E-state index contributed by atoms with van der Waals surface area (Å²) in [7, 11) is 0. The molecule has 0 radical (unpaired) electrons. The van der Waals surface area contributed by atoms with E-state index in [2.05, 4.69) is 33.2 Å². The van der Waals surface area contributed by atoms with E-state index < -0.39 is 0 Å². The van der Waals surface area contributed by atoms with Crippen molar-refractivity contribution in [3.63, 3.8) is 0 Å². The first-order valence-electron chi connectivity index (χ1n) is 6.94. The smallest absolute Gasteiger partial charge is 0.224 e. The first-order valence-corrected chi connectivity index (χ1v) is 6.94. The molecule has 5 heteroatoms. The van der Waals surface area contributed by atoms with Gasteiger partial charge in [-0.1, -0.05) is 0 Å². The van der Waals surface area contributed by atoms with Crippen LogP contribution in [0.4, 0.5) is 5.95 Å². The van der Waals surface area contributed by atoms with Gasteiger partial charge in [0.2, 0.25) is 5.95 Å². The SMILES string of the molecule is Cc1cc(C#N)nc(NC2CC(C)N(C3CC3)C2)n1. The first-order chi connectivity index (χ1) is 9.15. The van der Waals surface area contributed by atoms with Crippen molar-refractivity contribution in [1.82, 2.24) is 14.9 Å². The Labute approximate surface area is 113 Å². The summed E-state index contributed by atoms with van der Waals surface area (Å²) in [5.41, 5.74) is 1.26. The molecule has 1 aliphatic carbocycles. The van der Waals surface area contributed by atoms with E-state index in [0.29, 0.717) is 23.7 Å². The van der Waals surface area contributed by atoms with Crippen LogP contribution >= 0.6 is 0 Å². The molecule has 0 bridgehead atoms. The van der Waals surface area contributed by atoms with Crippen LogP contribution in [-0.2, 0) is 0 Å². The molecule has 2 aliphatic rings. The van der Waals surface area contributed by atoms with Crippen molar-refractivity contribution >= 4 is 5.95 Å². The van der Waals surface area contributed by atoms with E-state index in [1.165, 1.54) is 12.8 Å². The second-order valence-electron chi connectivity index (χ2n) is 5.68. The number of aromatic nitrogens is 2. The molecule has 3 rings (SSSR count). The van der Waals surface area contributed by atoms with Gasteiger partial charge in [-0.05, 0) is 39.2 Å². The van der Waals surface area contributed by atoms with Crippen LogP contribution in [0.3, 0.4) is 0 Å². The lowest BCUT2D eigenvalue weighted by Gasteiger charge is -2.19. The van der Waals surface area contributed by atoms with E-state index in [9.17, 15) is 0 Å². The standard InChI is InChI=1S/C14H19N5/c1-9-5-11(7-15)17-14(16-9)18-12-6-10(2)19(8-12)13-3-4-13/h5,10,12-13H,3-4,6,8H2,1-2H3,(H,16,17,18). The number of hydrogen-bond acceptors (Lipinski definition) is 5. The topological polar surface area (TPSA) is 64.8 Å². The number of nitriles is 1. The largest absolute Gasteiger partial charge is 0.350 e. The normalized spacial score (nSPS) is 27.2. The van der Waals surface area contributed by atoms with Crippen molar-refractivity contribution in [1.29, 1.82) is 5.26 Å². The number of likely N-dealkylation sites (tertiary alicyclic amines) is 1. The molecule has 1 saturated carbocycles. The maximum absolute atomic E-state index is 8.94. The molecule has 2 unspecified atom stereocenters. The summed E-state index contributed by atoms with van der Waals surface area (Å²) < 4.78 is 0. The van der Waals surface area contributed by atoms with Gasteiger partial charge in [-0.25, -0.2) is 9.97 Å². The summed E-state index contributed by atoms with van der Waals surface area (Å²) in [6, 6.07) is 5.61. The van der Waals surface area contributed by atoms with Crippen LogP contribution in [-0.4, -0.2) is 39.5 Å². The molecule has 2 heterocycles. The number of nitrogens with one attached hydrogen (secondary N) is 1. The predicted octanol–water partition coefficient (Wildman–Crippen LogP) is 1.69. The van der Waals surface area contributed by atoms with Crippen LogP contribution in [0.1, 0.15) is 37.6 Å². The Kier molecular flexibility index (Phi) is 3.11. The van der Waals surface area contributed by atoms with Crippen LogP contribution in [0.2, 0.25) is 0 Å². The Bertz CT molecular complexity index is 517. The zero-order valence-electron chi connectivity index (χ0n) is 11.4. The fourth-order valence-electron chi connectivity index (χ4n) is 2.95. The summed E-state index contributed by atoms with van der Waals surface area (Å²) in [6.07, 6.45) is 3.81. The van der Waals surface area contributed by atoms with Crippen LogP contribution < -0.4 is 5.32 Å². The van der Waals surface area contributed by atoms with Gasteiger partial charge in [0.1, 0.15) is 11.8 Å². The molecule has 0 spiro atoms. The minimum atomic E-state index is 0.393. The van der Waals surface area contributed by atoms with E-state index in [0.717, 1.165) is 24.7 Å². The molecule has 1 aromatic rings. The second-order valence-corrected chi connectivity index (χ2v) is 5.68. The fraction of sp³-hybridized carbons (Fsp3) is 0.643. The van der Waals surface area contributed by atoms with Gasteiger partial charge in [0, 0.05) is 30.4 Å². The highest BCUT2D eigenvalue weighted by atomic mass is 15.3. The van der Waals surface area contributed by atoms with Crippen LogP contribution in [0.15, 0.2) is 6.07 Å². The highest BCUT2D eigenvalue weighted by Crippen LogP contribution is 2.33. The molecule has 1 saturated heterocycles. The zero-order chi connectivity index (χ0) is 13.4. The van der Waals surface area contributed by atoms with Crippen molar-refractivity contribution in [2.45, 2.75) is 51.2 Å². The third-order valence-corrected chi connectivity index (χ3v) is 3.94.